The van der Waals surface area contributed by atoms with Crippen LogP contribution in [0.5, 0.6) is 5.75 Å². The van der Waals surface area contributed by atoms with Crippen LogP contribution in [0, 0.1) is 0 Å². The van der Waals surface area contributed by atoms with Crippen LogP contribution in [0.3, 0.4) is 0 Å². The van der Waals surface area contributed by atoms with Gasteiger partial charge in [0.1, 0.15) is 16.7 Å². The van der Waals surface area contributed by atoms with E-state index >= 15 is 0 Å². The van der Waals surface area contributed by atoms with E-state index in [0.717, 1.165) is 12.0 Å². The fraction of sp³-hybridized carbons (Fsp3) is 0.417. The van der Waals surface area contributed by atoms with Gasteiger partial charge >= 0.3 is 0 Å². The van der Waals surface area contributed by atoms with Gasteiger partial charge in [-0.3, -0.25) is 9.10 Å². The summed E-state index contributed by atoms with van der Waals surface area (Å²) in [5.41, 5.74) is 1.19. The Labute approximate surface area is 104 Å². The zero-order valence-corrected chi connectivity index (χ0v) is 11.3. The molecule has 17 heavy (non-hydrogen) atoms. The van der Waals surface area contributed by atoms with E-state index in [9.17, 15) is 9.00 Å². The molecule has 0 heterocycles. The van der Waals surface area contributed by atoms with Crippen molar-refractivity contribution in [3.05, 3.63) is 23.8 Å². The fourth-order valence-electron chi connectivity index (χ4n) is 1.33. The lowest BCUT2D eigenvalue weighted by atomic mass is 10.2. The van der Waals surface area contributed by atoms with Crippen molar-refractivity contribution in [3.63, 3.8) is 0 Å². The fourth-order valence-corrected chi connectivity index (χ4v) is 1.74. The lowest BCUT2D eigenvalue weighted by molar-refractivity contribution is 0.111. The van der Waals surface area contributed by atoms with E-state index in [4.69, 9.17) is 4.74 Å². The number of ether oxygens (including phenoxy) is 1. The quantitative estimate of drug-likeness (QED) is 0.756. The van der Waals surface area contributed by atoms with E-state index in [-0.39, 0.29) is 6.10 Å². The van der Waals surface area contributed by atoms with E-state index < -0.39 is 11.0 Å². The van der Waals surface area contributed by atoms with E-state index in [1.54, 1.807) is 35.8 Å². The third-order valence-electron chi connectivity index (χ3n) is 2.23. The van der Waals surface area contributed by atoms with Crippen molar-refractivity contribution in [2.24, 2.45) is 0 Å². The Kier molecular flexibility index (Phi) is 4.69. The molecular weight excluding hydrogens is 238 g/mol. The van der Waals surface area contributed by atoms with Gasteiger partial charge in [-0.25, -0.2) is 4.21 Å². The van der Waals surface area contributed by atoms with Crippen molar-refractivity contribution in [1.82, 2.24) is 0 Å². The highest BCUT2D eigenvalue weighted by Crippen LogP contribution is 2.24. The predicted octanol–water partition coefficient (Wildman–Crippen LogP) is 2.02. The second kappa shape index (κ2) is 5.82. The Morgan fingerprint density at radius 2 is 2.06 bits per heavy atom. The molecule has 0 aliphatic heterocycles. The average Bonchev–Trinajstić information content (AvgIpc) is 2.27. The van der Waals surface area contributed by atoms with Crippen LogP contribution in [0.25, 0.3) is 0 Å². The van der Waals surface area contributed by atoms with Gasteiger partial charge in [0, 0.05) is 19.0 Å². The Morgan fingerprint density at radius 1 is 1.41 bits per heavy atom. The molecule has 4 nitrogen and oxygen atoms in total. The van der Waals surface area contributed by atoms with Gasteiger partial charge in [-0.2, -0.15) is 0 Å². The standard InChI is InChI=1S/C12H17NO3S/c1-9(2)16-12-6-5-11(7-10(12)8-14)13(3)17(4)15/h5-9H,1-4H3. The molecule has 5 heteroatoms. The SMILES string of the molecule is CC(C)Oc1ccc(N(C)S(C)=O)cc1C=O. The summed E-state index contributed by atoms with van der Waals surface area (Å²) in [5.74, 6) is 0.550. The molecule has 0 bridgehead atoms. The molecular formula is C12H17NO3S. The zero-order chi connectivity index (χ0) is 13.0. The van der Waals surface area contributed by atoms with Gasteiger partial charge in [0.15, 0.2) is 6.29 Å². The molecule has 0 amide bonds. The van der Waals surface area contributed by atoms with Gasteiger partial charge in [0.05, 0.1) is 11.7 Å². The average molecular weight is 255 g/mol. The third kappa shape index (κ3) is 3.56. The first-order chi connectivity index (χ1) is 7.95. The van der Waals surface area contributed by atoms with E-state index in [2.05, 4.69) is 0 Å². The number of anilines is 1. The second-order valence-corrected chi connectivity index (χ2v) is 5.32. The molecule has 0 aromatic heterocycles. The van der Waals surface area contributed by atoms with E-state index in [1.807, 2.05) is 13.8 Å². The van der Waals surface area contributed by atoms with E-state index in [0.29, 0.717) is 11.3 Å². The summed E-state index contributed by atoms with van der Waals surface area (Å²) in [6.07, 6.45) is 2.34. The number of carbonyl (C=O) groups excluding carboxylic acids is 1. The summed E-state index contributed by atoms with van der Waals surface area (Å²) < 4.78 is 18.4. The number of nitrogens with zero attached hydrogens (tertiary/aromatic N) is 1. The highest BCUT2D eigenvalue weighted by Gasteiger charge is 2.10. The van der Waals surface area contributed by atoms with Crippen LogP contribution >= 0.6 is 0 Å². The molecule has 0 saturated carbocycles. The molecule has 94 valence electrons. The Bertz CT molecular complexity index is 432. The second-order valence-electron chi connectivity index (χ2n) is 3.93. The summed E-state index contributed by atoms with van der Waals surface area (Å²) in [6, 6.07) is 5.18. The minimum atomic E-state index is -1.11. The molecule has 0 N–H and O–H groups in total. The molecule has 0 saturated heterocycles. The number of rotatable bonds is 5. The predicted molar refractivity (Wildman–Crippen MR) is 70.1 cm³/mol. The highest BCUT2D eigenvalue weighted by molar-refractivity contribution is 7.85. The smallest absolute Gasteiger partial charge is 0.153 e. The number of aldehydes is 1. The summed E-state index contributed by atoms with van der Waals surface area (Å²) in [5, 5.41) is 0. The summed E-state index contributed by atoms with van der Waals surface area (Å²) >= 11 is 0. The van der Waals surface area contributed by atoms with Gasteiger partial charge in [-0.1, -0.05) is 0 Å². The molecule has 0 spiro atoms. The van der Waals surface area contributed by atoms with Gasteiger partial charge in [0.2, 0.25) is 0 Å². The van der Waals surface area contributed by atoms with E-state index in [1.165, 1.54) is 0 Å². The van der Waals surface area contributed by atoms with Crippen LogP contribution in [-0.4, -0.2) is 29.9 Å². The third-order valence-corrected chi connectivity index (χ3v) is 3.21. The maximum absolute atomic E-state index is 11.3. The number of hydrogen-bond donors (Lipinski definition) is 0. The molecule has 1 unspecified atom stereocenters. The molecule has 0 aliphatic rings. The molecule has 0 fully saturated rings. The maximum Gasteiger partial charge on any atom is 0.153 e. The first-order valence-corrected chi connectivity index (χ1v) is 6.80. The Hall–Kier alpha value is -1.36. The first-order valence-electron chi connectivity index (χ1n) is 5.29. The minimum Gasteiger partial charge on any atom is -0.490 e. The van der Waals surface area contributed by atoms with Gasteiger partial charge in [0.25, 0.3) is 0 Å². The lowest BCUT2D eigenvalue weighted by Crippen LogP contribution is -2.19. The highest BCUT2D eigenvalue weighted by atomic mass is 32.2. The topological polar surface area (TPSA) is 46.6 Å². The Morgan fingerprint density at radius 3 is 2.53 bits per heavy atom. The molecule has 1 aromatic rings. The molecule has 1 rings (SSSR count). The first kappa shape index (κ1) is 13.7. The minimum absolute atomic E-state index is 0.0117. The van der Waals surface area contributed by atoms with Crippen LogP contribution < -0.4 is 9.04 Å². The van der Waals surface area contributed by atoms with Gasteiger partial charge < -0.3 is 4.74 Å². The number of hydrogen-bond acceptors (Lipinski definition) is 3. The van der Waals surface area contributed by atoms with Crippen LogP contribution in [-0.2, 0) is 11.0 Å². The lowest BCUT2D eigenvalue weighted by Gasteiger charge is -2.18. The molecule has 1 aromatic carbocycles. The summed E-state index contributed by atoms with van der Waals surface area (Å²) in [6.45, 7) is 3.80. The van der Waals surface area contributed by atoms with Crippen LogP contribution in [0.2, 0.25) is 0 Å². The molecule has 0 radical (unpaired) electrons. The van der Waals surface area contributed by atoms with Gasteiger partial charge in [-0.15, -0.1) is 0 Å². The van der Waals surface area contributed by atoms with Crippen molar-refractivity contribution in [2.75, 3.05) is 17.6 Å². The number of benzene rings is 1. The zero-order valence-electron chi connectivity index (χ0n) is 10.5. The maximum atomic E-state index is 11.3. The van der Waals surface area contributed by atoms with Crippen molar-refractivity contribution in [3.8, 4) is 5.75 Å². The molecule has 1 atom stereocenters. The largest absolute Gasteiger partial charge is 0.490 e. The van der Waals surface area contributed by atoms with Crippen molar-refractivity contribution >= 4 is 23.0 Å². The van der Waals surface area contributed by atoms with Crippen molar-refractivity contribution in [1.29, 1.82) is 0 Å². The van der Waals surface area contributed by atoms with Crippen LogP contribution in [0.4, 0.5) is 5.69 Å². The van der Waals surface area contributed by atoms with Crippen molar-refractivity contribution in [2.45, 2.75) is 20.0 Å². The summed E-state index contributed by atoms with van der Waals surface area (Å²) in [7, 11) is 0.599. The molecule has 0 aliphatic carbocycles. The Balaban J connectivity index is 3.08. The van der Waals surface area contributed by atoms with Crippen LogP contribution in [0.15, 0.2) is 18.2 Å². The van der Waals surface area contributed by atoms with Gasteiger partial charge in [-0.05, 0) is 32.0 Å². The number of carbonyl (C=O) groups is 1. The normalized spacial score (nSPS) is 12.3. The summed E-state index contributed by atoms with van der Waals surface area (Å²) in [4.78, 5) is 11.0. The van der Waals surface area contributed by atoms with Crippen molar-refractivity contribution < 1.29 is 13.7 Å². The monoisotopic (exact) mass is 255 g/mol. The van der Waals surface area contributed by atoms with Crippen LogP contribution in [0.1, 0.15) is 24.2 Å².